The number of rotatable bonds is 21. The summed E-state index contributed by atoms with van der Waals surface area (Å²) in [6.45, 7) is 4.69. The minimum absolute atomic E-state index is 0. The maximum absolute atomic E-state index is 13.4. The van der Waals surface area contributed by atoms with Gasteiger partial charge in [-0.2, -0.15) is 23.5 Å². The molecule has 0 aromatic heterocycles. The first-order valence-corrected chi connectivity index (χ1v) is 17.7. The van der Waals surface area contributed by atoms with Crippen LogP contribution >= 0.6 is 35.9 Å². The van der Waals surface area contributed by atoms with Crippen LogP contribution in [0.15, 0.2) is 30.3 Å². The van der Waals surface area contributed by atoms with E-state index in [9.17, 15) is 28.8 Å². The molecule has 0 bridgehead atoms. The van der Waals surface area contributed by atoms with Crippen LogP contribution < -0.4 is 38.1 Å². The van der Waals surface area contributed by atoms with Crippen LogP contribution in [-0.2, 0) is 35.2 Å². The molecule has 13 nitrogen and oxygen atoms in total. The van der Waals surface area contributed by atoms with Crippen molar-refractivity contribution in [1.82, 2.24) is 26.6 Å². The van der Waals surface area contributed by atoms with Crippen LogP contribution in [0.1, 0.15) is 45.6 Å². The van der Waals surface area contributed by atoms with Gasteiger partial charge in [-0.05, 0) is 55.3 Å². The van der Waals surface area contributed by atoms with Gasteiger partial charge in [0.15, 0.2) is 0 Å². The first-order valence-electron chi connectivity index (χ1n) is 14.9. The third-order valence-electron chi connectivity index (χ3n) is 7.08. The van der Waals surface area contributed by atoms with Crippen molar-refractivity contribution in [2.24, 2.45) is 17.4 Å². The van der Waals surface area contributed by atoms with Gasteiger partial charge in [-0.3, -0.25) is 28.8 Å². The number of hydrogen-bond donors (Lipinski definition) is 7. The average Bonchev–Trinajstić information content (AvgIpc) is 3.01. The van der Waals surface area contributed by atoms with E-state index in [1.807, 2.05) is 49.8 Å². The number of halogens is 1. The number of carbonyl (C=O) groups excluding carboxylic acids is 6. The number of amides is 6. The first-order chi connectivity index (χ1) is 21.3. The molecular weight excluding hydrogens is 654 g/mol. The van der Waals surface area contributed by atoms with Crippen LogP contribution in [0, 0.1) is 5.92 Å². The Morgan fingerprint density at radius 1 is 0.761 bits per heavy atom. The molecule has 16 heteroatoms. The quantitative estimate of drug-likeness (QED) is 0.0923. The van der Waals surface area contributed by atoms with Crippen molar-refractivity contribution in [3.05, 3.63) is 35.9 Å². The fraction of sp³-hybridized carbons (Fsp3) is 0.600. The highest BCUT2D eigenvalue weighted by Crippen LogP contribution is 2.11. The fourth-order valence-electron chi connectivity index (χ4n) is 4.14. The Hall–Kier alpha value is -3.01. The molecule has 1 rings (SSSR count). The fourth-order valence-corrected chi connectivity index (χ4v) is 5.08. The molecule has 0 aliphatic carbocycles. The summed E-state index contributed by atoms with van der Waals surface area (Å²) in [5.41, 5.74) is 12.0. The number of primary amides is 1. The van der Waals surface area contributed by atoms with Crippen LogP contribution in [0.25, 0.3) is 0 Å². The van der Waals surface area contributed by atoms with E-state index in [4.69, 9.17) is 11.5 Å². The Morgan fingerprint density at radius 3 is 1.83 bits per heavy atom. The topological polar surface area (TPSA) is 215 Å². The number of nitrogens with one attached hydrogen (secondary N) is 5. The molecule has 0 spiro atoms. The number of nitrogens with two attached hydrogens (primary N) is 2. The van der Waals surface area contributed by atoms with Crippen LogP contribution in [0.4, 0.5) is 0 Å². The van der Waals surface area contributed by atoms with Gasteiger partial charge in [0.05, 0.1) is 12.6 Å². The third kappa shape index (κ3) is 16.0. The van der Waals surface area contributed by atoms with Gasteiger partial charge in [-0.1, -0.05) is 50.6 Å². The van der Waals surface area contributed by atoms with E-state index >= 15 is 0 Å². The summed E-state index contributed by atoms with van der Waals surface area (Å²) in [4.78, 5) is 76.6. The van der Waals surface area contributed by atoms with E-state index < -0.39 is 72.2 Å². The summed E-state index contributed by atoms with van der Waals surface area (Å²) in [6.07, 6.45) is 5.09. The van der Waals surface area contributed by atoms with Crippen molar-refractivity contribution in [1.29, 1.82) is 0 Å². The summed E-state index contributed by atoms with van der Waals surface area (Å²) in [5, 5.41) is 13.2. The molecular formula is C30H50ClN7O6S2. The molecule has 0 radical (unpaired) electrons. The Bertz CT molecular complexity index is 1130. The lowest BCUT2D eigenvalue weighted by molar-refractivity contribution is -0.134. The maximum atomic E-state index is 13.4. The molecule has 6 atom stereocenters. The second-order valence-electron chi connectivity index (χ2n) is 10.8. The molecule has 0 saturated carbocycles. The Labute approximate surface area is 286 Å². The van der Waals surface area contributed by atoms with Gasteiger partial charge in [0.1, 0.15) is 24.2 Å². The van der Waals surface area contributed by atoms with Gasteiger partial charge in [0, 0.05) is 6.42 Å². The molecule has 6 amide bonds. The van der Waals surface area contributed by atoms with Gasteiger partial charge >= 0.3 is 0 Å². The first kappa shape index (κ1) is 43.0. The molecule has 0 fully saturated rings. The molecule has 1 aromatic rings. The van der Waals surface area contributed by atoms with Crippen LogP contribution in [0.3, 0.4) is 0 Å². The monoisotopic (exact) mass is 703 g/mol. The zero-order valence-corrected chi connectivity index (χ0v) is 29.6. The Kier molecular flexibility index (Phi) is 21.8. The van der Waals surface area contributed by atoms with Gasteiger partial charge in [-0.25, -0.2) is 0 Å². The SMILES string of the molecule is CCC(C)[C@H](NC(=O)[C@H](Cc1ccccc1)NC(=O)[C@H](C)N)C(=O)NCC(=O)N[C@@H](CCSC)C(=O)N[C@@H](CCSC)C(N)=O.Cl. The molecule has 46 heavy (non-hydrogen) atoms. The van der Waals surface area contributed by atoms with Crippen LogP contribution in [-0.4, -0.2) is 96.2 Å². The number of benzene rings is 1. The molecule has 9 N–H and O–H groups in total. The lowest BCUT2D eigenvalue weighted by atomic mass is 9.97. The van der Waals surface area contributed by atoms with E-state index in [2.05, 4.69) is 26.6 Å². The largest absolute Gasteiger partial charge is 0.368 e. The van der Waals surface area contributed by atoms with E-state index in [1.165, 1.54) is 30.4 Å². The molecule has 1 aromatic carbocycles. The van der Waals surface area contributed by atoms with Crippen molar-refractivity contribution in [3.8, 4) is 0 Å². The van der Waals surface area contributed by atoms with Gasteiger partial charge in [0.2, 0.25) is 35.4 Å². The average molecular weight is 704 g/mol. The second-order valence-corrected chi connectivity index (χ2v) is 12.7. The van der Waals surface area contributed by atoms with E-state index in [1.54, 1.807) is 6.92 Å². The van der Waals surface area contributed by atoms with Crippen molar-refractivity contribution < 1.29 is 28.8 Å². The normalized spacial score (nSPS) is 14.6. The van der Waals surface area contributed by atoms with E-state index in [0.29, 0.717) is 30.8 Å². The highest BCUT2D eigenvalue weighted by atomic mass is 35.5. The minimum Gasteiger partial charge on any atom is -0.368 e. The number of hydrogen-bond acceptors (Lipinski definition) is 9. The minimum atomic E-state index is -1.01. The van der Waals surface area contributed by atoms with Crippen LogP contribution in [0.5, 0.6) is 0 Å². The predicted molar refractivity (Wildman–Crippen MR) is 186 cm³/mol. The second kappa shape index (κ2) is 23.3. The summed E-state index contributed by atoms with van der Waals surface area (Å²) in [6, 6.07) is 4.43. The van der Waals surface area contributed by atoms with Crippen molar-refractivity contribution >= 4 is 71.4 Å². The van der Waals surface area contributed by atoms with Gasteiger partial charge in [-0.15, -0.1) is 12.4 Å². The van der Waals surface area contributed by atoms with Crippen LogP contribution in [0.2, 0.25) is 0 Å². The maximum Gasteiger partial charge on any atom is 0.243 e. The number of carbonyl (C=O) groups is 6. The smallest absolute Gasteiger partial charge is 0.243 e. The number of thioether (sulfide) groups is 2. The van der Waals surface area contributed by atoms with Crippen molar-refractivity contribution in [3.63, 3.8) is 0 Å². The summed E-state index contributed by atoms with van der Waals surface area (Å²) < 4.78 is 0. The van der Waals surface area contributed by atoms with Gasteiger partial charge < -0.3 is 38.1 Å². The Balaban J connectivity index is 0.0000202. The highest BCUT2D eigenvalue weighted by Gasteiger charge is 2.31. The zero-order valence-electron chi connectivity index (χ0n) is 27.1. The molecule has 1 unspecified atom stereocenters. The standard InChI is InChI=1S/C30H49N7O6S2.ClH/c1-6-18(2)25(37-29(42)23(36-27(40)19(3)31)16-20-10-8-7-9-11-20)30(43)33-17-24(38)34-22(13-15-45-5)28(41)35-21(26(32)39)12-14-44-4;/h7-11,18-19,21-23,25H,6,12-17,31H2,1-5H3,(H2,32,39)(H,33,43)(H,34,38)(H,35,41)(H,36,40)(H,37,42);1H/t18?,19-,21-,22-,23-,25-;/m0./s1. The lowest BCUT2D eigenvalue weighted by Gasteiger charge is -2.27. The van der Waals surface area contributed by atoms with Gasteiger partial charge in [0.25, 0.3) is 0 Å². The predicted octanol–water partition coefficient (Wildman–Crippen LogP) is 0.0911. The molecule has 0 saturated heterocycles. The molecule has 0 aliphatic rings. The highest BCUT2D eigenvalue weighted by molar-refractivity contribution is 7.98. The zero-order chi connectivity index (χ0) is 33.9. The Morgan fingerprint density at radius 2 is 1.30 bits per heavy atom. The van der Waals surface area contributed by atoms with Crippen molar-refractivity contribution in [2.75, 3.05) is 30.6 Å². The summed E-state index contributed by atoms with van der Waals surface area (Å²) in [7, 11) is 0. The molecule has 260 valence electrons. The van der Waals surface area contributed by atoms with E-state index in [0.717, 1.165) is 5.56 Å². The summed E-state index contributed by atoms with van der Waals surface area (Å²) >= 11 is 2.99. The van der Waals surface area contributed by atoms with E-state index in [-0.39, 0.29) is 24.7 Å². The molecule has 0 aliphatic heterocycles. The lowest BCUT2D eigenvalue weighted by Crippen LogP contribution is -2.58. The summed E-state index contributed by atoms with van der Waals surface area (Å²) in [5.74, 6) is -2.66. The molecule has 0 heterocycles. The third-order valence-corrected chi connectivity index (χ3v) is 8.37. The van der Waals surface area contributed by atoms with Crippen molar-refractivity contribution in [2.45, 2.75) is 76.7 Å².